The standard InChI is InChI=1S/C26H33NO4S2/c1-5-31-26(30)24(17-32-15-22-12-11-18(2)19(3)13-22)27-25(29)23(16-33-20(4)28)14-21-9-7-6-8-10-21/h6-13,23-24H,5,14-17H2,1-4H3,(H,27,29)/t23?,24-/m0/s1. The van der Waals surface area contributed by atoms with Gasteiger partial charge in [0.2, 0.25) is 5.91 Å². The van der Waals surface area contributed by atoms with Crippen molar-refractivity contribution in [2.24, 2.45) is 5.92 Å². The molecule has 0 spiro atoms. The number of amides is 1. The van der Waals surface area contributed by atoms with E-state index in [4.69, 9.17) is 4.74 Å². The molecule has 0 fully saturated rings. The van der Waals surface area contributed by atoms with Gasteiger partial charge >= 0.3 is 5.97 Å². The summed E-state index contributed by atoms with van der Waals surface area (Å²) < 4.78 is 5.21. The van der Waals surface area contributed by atoms with Gasteiger partial charge in [-0.1, -0.05) is 60.3 Å². The van der Waals surface area contributed by atoms with Crippen molar-refractivity contribution in [1.82, 2.24) is 5.32 Å². The smallest absolute Gasteiger partial charge is 0.329 e. The van der Waals surface area contributed by atoms with E-state index in [1.807, 2.05) is 30.3 Å². The van der Waals surface area contributed by atoms with Gasteiger partial charge in [-0.3, -0.25) is 9.59 Å². The first-order valence-electron chi connectivity index (χ1n) is 11.1. The Morgan fingerprint density at radius 3 is 2.33 bits per heavy atom. The Labute approximate surface area is 205 Å². The second-order valence-electron chi connectivity index (χ2n) is 7.94. The van der Waals surface area contributed by atoms with Crippen molar-refractivity contribution in [3.8, 4) is 0 Å². The number of hydrogen-bond donors (Lipinski definition) is 1. The SMILES string of the molecule is CCOC(=O)[C@H](CSCc1ccc(C)c(C)c1)NC(=O)C(CSC(C)=O)Cc1ccccc1. The van der Waals surface area contributed by atoms with Gasteiger partial charge in [0, 0.05) is 24.2 Å². The summed E-state index contributed by atoms with van der Waals surface area (Å²) in [6, 6.07) is 15.3. The quantitative estimate of drug-likeness (QED) is 0.437. The normalized spacial score (nSPS) is 12.6. The lowest BCUT2D eigenvalue weighted by atomic mass is 10.00. The fourth-order valence-electron chi connectivity index (χ4n) is 3.23. The molecule has 0 bridgehead atoms. The molecule has 0 aromatic heterocycles. The lowest BCUT2D eigenvalue weighted by molar-refractivity contribution is -0.147. The van der Waals surface area contributed by atoms with E-state index in [2.05, 4.69) is 37.4 Å². The Morgan fingerprint density at radius 1 is 0.970 bits per heavy atom. The number of esters is 1. The number of hydrogen-bond acceptors (Lipinski definition) is 6. The molecule has 2 aromatic carbocycles. The Bertz CT molecular complexity index is 933. The molecule has 33 heavy (non-hydrogen) atoms. The van der Waals surface area contributed by atoms with Gasteiger partial charge in [-0.05, 0) is 49.4 Å². The van der Waals surface area contributed by atoms with Crippen LogP contribution in [0.15, 0.2) is 48.5 Å². The number of rotatable bonds is 12. The van der Waals surface area contributed by atoms with Crippen LogP contribution in [-0.2, 0) is 31.3 Å². The topological polar surface area (TPSA) is 72.5 Å². The van der Waals surface area contributed by atoms with E-state index >= 15 is 0 Å². The molecule has 0 heterocycles. The highest BCUT2D eigenvalue weighted by atomic mass is 32.2. The summed E-state index contributed by atoms with van der Waals surface area (Å²) >= 11 is 2.71. The van der Waals surface area contributed by atoms with Gasteiger partial charge in [0.15, 0.2) is 5.12 Å². The lowest BCUT2D eigenvalue weighted by Crippen LogP contribution is -2.47. The van der Waals surface area contributed by atoms with E-state index in [-0.39, 0.29) is 17.6 Å². The van der Waals surface area contributed by atoms with Crippen LogP contribution in [0, 0.1) is 19.8 Å². The zero-order chi connectivity index (χ0) is 24.2. The molecule has 0 saturated carbocycles. The molecular formula is C26H33NO4S2. The van der Waals surface area contributed by atoms with Crippen molar-refractivity contribution < 1.29 is 19.1 Å². The van der Waals surface area contributed by atoms with Crippen LogP contribution in [0.2, 0.25) is 0 Å². The summed E-state index contributed by atoms with van der Waals surface area (Å²) in [6.07, 6.45) is 0.498. The van der Waals surface area contributed by atoms with Crippen molar-refractivity contribution in [1.29, 1.82) is 0 Å². The van der Waals surface area contributed by atoms with Gasteiger partial charge in [-0.15, -0.1) is 0 Å². The highest BCUT2D eigenvalue weighted by Crippen LogP contribution is 2.19. The highest BCUT2D eigenvalue weighted by Gasteiger charge is 2.27. The maximum absolute atomic E-state index is 13.1. The molecule has 0 aliphatic carbocycles. The van der Waals surface area contributed by atoms with E-state index in [9.17, 15) is 14.4 Å². The number of benzene rings is 2. The molecule has 1 N–H and O–H groups in total. The molecule has 1 unspecified atom stereocenters. The van der Waals surface area contributed by atoms with Crippen LogP contribution < -0.4 is 5.32 Å². The molecule has 7 heteroatoms. The van der Waals surface area contributed by atoms with E-state index in [0.29, 0.717) is 17.9 Å². The van der Waals surface area contributed by atoms with Crippen molar-refractivity contribution in [3.63, 3.8) is 0 Å². The number of aryl methyl sites for hydroxylation is 2. The van der Waals surface area contributed by atoms with Crippen LogP contribution in [0.25, 0.3) is 0 Å². The summed E-state index contributed by atoms with van der Waals surface area (Å²) in [5.74, 6) is 0.411. The number of carbonyl (C=O) groups excluding carboxylic acids is 3. The minimum Gasteiger partial charge on any atom is -0.464 e. The number of ether oxygens (including phenoxy) is 1. The summed E-state index contributed by atoms with van der Waals surface area (Å²) in [5, 5.41) is 2.86. The Balaban J connectivity index is 2.05. The van der Waals surface area contributed by atoms with E-state index in [0.717, 1.165) is 23.1 Å². The van der Waals surface area contributed by atoms with Crippen molar-refractivity contribution in [3.05, 3.63) is 70.8 Å². The zero-order valence-electron chi connectivity index (χ0n) is 19.8. The molecule has 0 aliphatic heterocycles. The largest absolute Gasteiger partial charge is 0.464 e. The number of thioether (sulfide) groups is 2. The molecule has 178 valence electrons. The van der Waals surface area contributed by atoms with Crippen LogP contribution in [0.1, 0.15) is 36.1 Å². The van der Waals surface area contributed by atoms with Gasteiger partial charge in [-0.2, -0.15) is 11.8 Å². The van der Waals surface area contributed by atoms with Gasteiger partial charge in [-0.25, -0.2) is 4.79 Å². The number of nitrogens with one attached hydrogen (secondary N) is 1. The Kier molecular flexibility index (Phi) is 11.5. The fourth-order valence-corrected chi connectivity index (χ4v) is 4.93. The predicted molar refractivity (Wildman–Crippen MR) is 137 cm³/mol. The molecule has 2 rings (SSSR count). The second kappa shape index (κ2) is 14.1. The summed E-state index contributed by atoms with van der Waals surface area (Å²) in [7, 11) is 0. The third-order valence-electron chi connectivity index (χ3n) is 5.20. The highest BCUT2D eigenvalue weighted by molar-refractivity contribution is 8.13. The molecule has 2 aromatic rings. The third-order valence-corrected chi connectivity index (χ3v) is 7.28. The molecule has 1 amide bonds. The summed E-state index contributed by atoms with van der Waals surface area (Å²) in [6.45, 7) is 7.65. The lowest BCUT2D eigenvalue weighted by Gasteiger charge is -2.21. The third kappa shape index (κ3) is 9.64. The van der Waals surface area contributed by atoms with Crippen LogP contribution in [-0.4, -0.2) is 41.1 Å². The van der Waals surface area contributed by atoms with Gasteiger partial charge in [0.05, 0.1) is 12.5 Å². The minimum absolute atomic E-state index is 0.0354. The van der Waals surface area contributed by atoms with E-state index in [1.165, 1.54) is 23.6 Å². The molecule has 0 radical (unpaired) electrons. The van der Waals surface area contributed by atoms with Crippen molar-refractivity contribution >= 4 is 40.5 Å². The predicted octanol–water partition coefficient (Wildman–Crippen LogP) is 4.72. The summed E-state index contributed by atoms with van der Waals surface area (Å²) in [5.41, 5.74) is 4.67. The first-order valence-corrected chi connectivity index (χ1v) is 13.2. The molecule has 0 aliphatic rings. The first kappa shape index (κ1) is 27.0. The van der Waals surface area contributed by atoms with Crippen LogP contribution >= 0.6 is 23.5 Å². The van der Waals surface area contributed by atoms with Crippen LogP contribution in [0.4, 0.5) is 0 Å². The van der Waals surface area contributed by atoms with Gasteiger partial charge in [0.1, 0.15) is 6.04 Å². The average molecular weight is 488 g/mol. The molecule has 2 atom stereocenters. The second-order valence-corrected chi connectivity index (χ2v) is 10.2. The van der Waals surface area contributed by atoms with Crippen molar-refractivity contribution in [2.45, 2.75) is 45.9 Å². The Morgan fingerprint density at radius 2 is 1.70 bits per heavy atom. The maximum atomic E-state index is 13.1. The monoisotopic (exact) mass is 487 g/mol. The van der Waals surface area contributed by atoms with Crippen LogP contribution in [0.3, 0.4) is 0 Å². The molecule has 0 saturated heterocycles. The van der Waals surface area contributed by atoms with E-state index in [1.54, 1.807) is 18.7 Å². The molecule has 5 nitrogen and oxygen atoms in total. The minimum atomic E-state index is -0.741. The molecular weight excluding hydrogens is 454 g/mol. The maximum Gasteiger partial charge on any atom is 0.329 e. The van der Waals surface area contributed by atoms with Gasteiger partial charge < -0.3 is 10.1 Å². The van der Waals surface area contributed by atoms with E-state index < -0.39 is 17.9 Å². The first-order chi connectivity index (χ1) is 15.8. The summed E-state index contributed by atoms with van der Waals surface area (Å²) in [4.78, 5) is 37.2. The van der Waals surface area contributed by atoms with Gasteiger partial charge in [0.25, 0.3) is 0 Å². The fraction of sp³-hybridized carbons (Fsp3) is 0.423. The zero-order valence-corrected chi connectivity index (χ0v) is 21.4. The van der Waals surface area contributed by atoms with Crippen molar-refractivity contribution in [2.75, 3.05) is 18.1 Å². The number of carbonyl (C=O) groups is 3. The average Bonchev–Trinajstić information content (AvgIpc) is 2.78. The van der Waals surface area contributed by atoms with Crippen LogP contribution in [0.5, 0.6) is 0 Å². The Hall–Kier alpha value is -2.25.